The van der Waals surface area contributed by atoms with E-state index in [1.807, 2.05) is 18.2 Å². The molecule has 142 valence electrons. The minimum atomic E-state index is 0.481. The van der Waals surface area contributed by atoms with Gasteiger partial charge in [0, 0.05) is 5.56 Å². The third kappa shape index (κ3) is 3.64. The molecule has 0 aliphatic heterocycles. The van der Waals surface area contributed by atoms with Gasteiger partial charge in [0.05, 0.1) is 44.9 Å². The zero-order valence-electron chi connectivity index (χ0n) is 16.3. The number of rotatable bonds is 8. The van der Waals surface area contributed by atoms with Gasteiger partial charge in [0.15, 0.2) is 0 Å². The van der Waals surface area contributed by atoms with Crippen molar-refractivity contribution >= 4 is 16.5 Å². The van der Waals surface area contributed by atoms with Crippen molar-refractivity contribution in [3.8, 4) is 23.0 Å². The molecule has 0 saturated carbocycles. The van der Waals surface area contributed by atoms with Crippen molar-refractivity contribution in [2.75, 3.05) is 28.4 Å². The van der Waals surface area contributed by atoms with Crippen molar-refractivity contribution in [2.24, 2.45) is 11.1 Å². The van der Waals surface area contributed by atoms with Crippen LogP contribution < -0.4 is 18.9 Å². The highest BCUT2D eigenvalue weighted by Crippen LogP contribution is 2.46. The Morgan fingerprint density at radius 3 is 1.96 bits per heavy atom. The van der Waals surface area contributed by atoms with Crippen molar-refractivity contribution in [1.82, 2.24) is 0 Å². The molecule has 0 spiro atoms. The number of hydrogen-bond donors (Lipinski definition) is 1. The highest BCUT2D eigenvalue weighted by atomic mass is 16.5. The molecule has 6 nitrogen and oxygen atoms in total. The van der Waals surface area contributed by atoms with Crippen LogP contribution in [0.3, 0.4) is 0 Å². The SMILES string of the molecule is COc1ccc(OC)c2c(OC)c(C(CCC(C)C)=NO)cc(OC)c12. The normalized spacial score (nSPS) is 11.7. The van der Waals surface area contributed by atoms with Crippen molar-refractivity contribution < 1.29 is 24.2 Å². The van der Waals surface area contributed by atoms with Crippen molar-refractivity contribution in [2.45, 2.75) is 26.7 Å². The summed E-state index contributed by atoms with van der Waals surface area (Å²) in [6, 6.07) is 5.46. The van der Waals surface area contributed by atoms with E-state index < -0.39 is 0 Å². The van der Waals surface area contributed by atoms with Crippen LogP contribution in [-0.4, -0.2) is 39.4 Å². The van der Waals surface area contributed by atoms with E-state index in [1.54, 1.807) is 28.4 Å². The van der Waals surface area contributed by atoms with Crippen LogP contribution in [0.25, 0.3) is 10.8 Å². The number of ether oxygens (including phenoxy) is 4. The van der Waals surface area contributed by atoms with Gasteiger partial charge in [0.2, 0.25) is 0 Å². The third-order valence-electron chi connectivity index (χ3n) is 4.38. The van der Waals surface area contributed by atoms with Crippen LogP contribution in [0.1, 0.15) is 32.3 Å². The van der Waals surface area contributed by atoms with E-state index in [9.17, 15) is 5.21 Å². The number of oxime groups is 1. The lowest BCUT2D eigenvalue weighted by Gasteiger charge is -2.19. The maximum Gasteiger partial charge on any atom is 0.140 e. The van der Waals surface area contributed by atoms with Gasteiger partial charge in [-0.15, -0.1) is 0 Å². The monoisotopic (exact) mass is 361 g/mol. The lowest BCUT2D eigenvalue weighted by molar-refractivity contribution is 0.317. The van der Waals surface area contributed by atoms with E-state index in [0.717, 1.165) is 17.2 Å². The summed E-state index contributed by atoms with van der Waals surface area (Å²) in [7, 11) is 6.37. The highest BCUT2D eigenvalue weighted by Gasteiger charge is 2.23. The molecule has 0 amide bonds. The van der Waals surface area contributed by atoms with Gasteiger partial charge in [-0.1, -0.05) is 19.0 Å². The summed E-state index contributed by atoms with van der Waals surface area (Å²) in [5, 5.41) is 14.6. The van der Waals surface area contributed by atoms with Gasteiger partial charge < -0.3 is 24.2 Å². The molecule has 2 aromatic carbocycles. The third-order valence-corrected chi connectivity index (χ3v) is 4.38. The van der Waals surface area contributed by atoms with Crippen LogP contribution >= 0.6 is 0 Å². The molecule has 26 heavy (non-hydrogen) atoms. The summed E-state index contributed by atoms with van der Waals surface area (Å²) in [5.41, 5.74) is 1.21. The van der Waals surface area contributed by atoms with E-state index in [4.69, 9.17) is 18.9 Å². The van der Waals surface area contributed by atoms with Crippen LogP contribution in [0.2, 0.25) is 0 Å². The van der Waals surface area contributed by atoms with Crippen LogP contribution in [0.5, 0.6) is 23.0 Å². The summed E-state index contributed by atoms with van der Waals surface area (Å²) >= 11 is 0. The second-order valence-corrected chi connectivity index (χ2v) is 6.36. The number of nitrogens with zero attached hydrogens (tertiary/aromatic N) is 1. The summed E-state index contributed by atoms with van der Waals surface area (Å²) in [5.74, 6) is 2.91. The van der Waals surface area contributed by atoms with E-state index in [1.165, 1.54) is 0 Å². The first-order chi connectivity index (χ1) is 12.5. The number of methoxy groups -OCH3 is 4. The second-order valence-electron chi connectivity index (χ2n) is 6.36. The zero-order valence-corrected chi connectivity index (χ0v) is 16.3. The Hall–Kier alpha value is -2.63. The van der Waals surface area contributed by atoms with Crippen molar-refractivity contribution in [1.29, 1.82) is 0 Å². The van der Waals surface area contributed by atoms with Gasteiger partial charge in [0.1, 0.15) is 23.0 Å². The molecular weight excluding hydrogens is 334 g/mol. The highest BCUT2D eigenvalue weighted by molar-refractivity contribution is 6.12. The van der Waals surface area contributed by atoms with Gasteiger partial charge in [-0.3, -0.25) is 0 Å². The number of fused-ring (bicyclic) bond motifs is 1. The number of benzene rings is 2. The molecule has 0 radical (unpaired) electrons. The maximum atomic E-state index is 9.61. The average Bonchev–Trinajstić information content (AvgIpc) is 2.66. The molecule has 2 rings (SSSR count). The van der Waals surface area contributed by atoms with Crippen molar-refractivity contribution in [3.63, 3.8) is 0 Å². The molecule has 0 heterocycles. The van der Waals surface area contributed by atoms with Gasteiger partial charge in [-0.05, 0) is 37.0 Å². The fourth-order valence-electron chi connectivity index (χ4n) is 3.03. The van der Waals surface area contributed by atoms with Crippen molar-refractivity contribution in [3.05, 3.63) is 23.8 Å². The van der Waals surface area contributed by atoms with E-state index in [0.29, 0.717) is 46.6 Å². The summed E-state index contributed by atoms with van der Waals surface area (Å²) in [6.45, 7) is 4.25. The first-order valence-corrected chi connectivity index (χ1v) is 8.53. The molecule has 0 aliphatic rings. The minimum Gasteiger partial charge on any atom is -0.496 e. The molecule has 0 bridgehead atoms. The van der Waals surface area contributed by atoms with Gasteiger partial charge in [-0.2, -0.15) is 0 Å². The Kier molecular flexibility index (Phi) is 6.55. The Morgan fingerprint density at radius 1 is 0.923 bits per heavy atom. The Labute approximate surface area is 154 Å². The maximum absolute atomic E-state index is 9.61. The molecule has 0 unspecified atom stereocenters. The van der Waals surface area contributed by atoms with Crippen LogP contribution in [0.15, 0.2) is 23.4 Å². The van der Waals surface area contributed by atoms with Gasteiger partial charge >= 0.3 is 0 Å². The fourth-order valence-corrected chi connectivity index (χ4v) is 3.03. The van der Waals surface area contributed by atoms with Gasteiger partial charge in [-0.25, -0.2) is 0 Å². The molecule has 0 saturated heterocycles. The zero-order chi connectivity index (χ0) is 19.3. The lowest BCUT2D eigenvalue weighted by atomic mass is 9.95. The summed E-state index contributed by atoms with van der Waals surface area (Å²) in [6.07, 6.45) is 1.50. The Balaban J connectivity index is 2.84. The lowest BCUT2D eigenvalue weighted by Crippen LogP contribution is -2.07. The summed E-state index contributed by atoms with van der Waals surface area (Å²) < 4.78 is 22.4. The largest absolute Gasteiger partial charge is 0.496 e. The van der Waals surface area contributed by atoms with E-state index in [2.05, 4.69) is 19.0 Å². The molecule has 0 aliphatic carbocycles. The van der Waals surface area contributed by atoms with E-state index >= 15 is 0 Å². The van der Waals surface area contributed by atoms with E-state index in [-0.39, 0.29) is 0 Å². The predicted octanol–water partition coefficient (Wildman–Crippen LogP) is 4.49. The molecule has 6 heteroatoms. The first kappa shape index (κ1) is 19.7. The smallest absolute Gasteiger partial charge is 0.140 e. The first-order valence-electron chi connectivity index (χ1n) is 8.53. The fraction of sp³-hybridized carbons (Fsp3) is 0.450. The Morgan fingerprint density at radius 2 is 1.50 bits per heavy atom. The predicted molar refractivity (Wildman–Crippen MR) is 103 cm³/mol. The minimum absolute atomic E-state index is 0.481. The molecule has 0 atom stereocenters. The summed E-state index contributed by atoms with van der Waals surface area (Å²) in [4.78, 5) is 0. The topological polar surface area (TPSA) is 69.5 Å². The number of hydrogen-bond acceptors (Lipinski definition) is 6. The van der Waals surface area contributed by atoms with Crippen LogP contribution in [-0.2, 0) is 0 Å². The molecule has 1 N–H and O–H groups in total. The molecular formula is C20H27NO5. The molecule has 2 aromatic rings. The quantitative estimate of drug-likeness (QED) is 0.426. The van der Waals surface area contributed by atoms with Gasteiger partial charge in [0.25, 0.3) is 0 Å². The molecule has 0 aromatic heterocycles. The Bertz CT molecular complexity index is 799. The van der Waals surface area contributed by atoms with Crippen LogP contribution in [0, 0.1) is 5.92 Å². The second kappa shape index (κ2) is 8.65. The standard InChI is InChI=1S/C20H27NO5/c1-12(2)7-8-14(21-22)13-11-17(25-5)18-15(23-3)9-10-16(24-4)19(18)20(13)26-6/h9-12,22H,7-8H2,1-6H3. The average molecular weight is 361 g/mol. The van der Waals surface area contributed by atoms with Crippen LogP contribution in [0.4, 0.5) is 0 Å². The molecule has 0 fully saturated rings.